The fourth-order valence-electron chi connectivity index (χ4n) is 1.99. The van der Waals surface area contributed by atoms with E-state index in [9.17, 15) is 9.18 Å². The van der Waals surface area contributed by atoms with Gasteiger partial charge >= 0.3 is 0 Å². The number of hydrogen-bond donors (Lipinski definition) is 2. The molecule has 0 amide bonds. The summed E-state index contributed by atoms with van der Waals surface area (Å²) in [5.74, 6) is 0.775. The van der Waals surface area contributed by atoms with Crippen molar-refractivity contribution in [3.8, 4) is 5.75 Å². The summed E-state index contributed by atoms with van der Waals surface area (Å²) in [5.41, 5.74) is 0.888. The molecular formula is C15H17FN2O3. The summed E-state index contributed by atoms with van der Waals surface area (Å²) in [5, 5.41) is 8.90. The van der Waals surface area contributed by atoms with Crippen LogP contribution in [0.15, 0.2) is 29.1 Å². The fourth-order valence-corrected chi connectivity index (χ4v) is 1.99. The Morgan fingerprint density at radius 1 is 1.29 bits per heavy atom. The average Bonchev–Trinajstić information content (AvgIpc) is 2.45. The van der Waals surface area contributed by atoms with Crippen molar-refractivity contribution in [3.05, 3.63) is 57.5 Å². The van der Waals surface area contributed by atoms with Crippen molar-refractivity contribution < 1.29 is 14.2 Å². The first kappa shape index (κ1) is 15.2. The van der Waals surface area contributed by atoms with Gasteiger partial charge in [-0.05, 0) is 31.2 Å². The van der Waals surface area contributed by atoms with Crippen LogP contribution in [0.3, 0.4) is 0 Å². The van der Waals surface area contributed by atoms with E-state index in [1.54, 1.807) is 19.1 Å². The van der Waals surface area contributed by atoms with Gasteiger partial charge in [0.2, 0.25) is 0 Å². The van der Waals surface area contributed by atoms with E-state index in [1.165, 1.54) is 12.1 Å². The number of benzene rings is 1. The number of nitrogens with one attached hydrogen (secondary N) is 1. The van der Waals surface area contributed by atoms with Crippen molar-refractivity contribution in [2.75, 3.05) is 13.2 Å². The van der Waals surface area contributed by atoms with Crippen LogP contribution in [0.5, 0.6) is 5.75 Å². The van der Waals surface area contributed by atoms with Gasteiger partial charge in [-0.2, -0.15) is 0 Å². The summed E-state index contributed by atoms with van der Waals surface area (Å²) in [6.07, 6.45) is 0.730. The normalized spacial score (nSPS) is 10.6. The van der Waals surface area contributed by atoms with E-state index in [4.69, 9.17) is 9.84 Å². The number of rotatable bonds is 6. The molecule has 1 aromatic heterocycles. The lowest BCUT2D eigenvalue weighted by molar-refractivity contribution is 0.298. The molecule has 0 aliphatic carbocycles. The summed E-state index contributed by atoms with van der Waals surface area (Å²) in [6.45, 7) is 1.98. The lowest BCUT2D eigenvalue weighted by Gasteiger charge is -2.08. The molecule has 0 radical (unpaired) electrons. The maximum absolute atomic E-state index is 12.7. The van der Waals surface area contributed by atoms with Gasteiger partial charge in [-0.3, -0.25) is 4.79 Å². The third-order valence-electron chi connectivity index (χ3n) is 3.05. The van der Waals surface area contributed by atoms with E-state index in [0.717, 1.165) is 0 Å². The van der Waals surface area contributed by atoms with Crippen molar-refractivity contribution in [3.63, 3.8) is 0 Å². The topological polar surface area (TPSA) is 75.2 Å². The molecule has 1 aromatic carbocycles. The smallest absolute Gasteiger partial charge is 0.254 e. The fraction of sp³-hybridized carbons (Fsp3) is 0.333. The first-order valence-corrected chi connectivity index (χ1v) is 6.68. The molecule has 0 saturated carbocycles. The second-order valence-electron chi connectivity index (χ2n) is 4.60. The van der Waals surface area contributed by atoms with E-state index >= 15 is 0 Å². The molecule has 0 spiro atoms. The lowest BCUT2D eigenvalue weighted by atomic mass is 10.2. The zero-order chi connectivity index (χ0) is 15.2. The van der Waals surface area contributed by atoms with Gasteiger partial charge in [-0.25, -0.2) is 9.37 Å². The Kier molecular flexibility index (Phi) is 5.05. The molecule has 0 fully saturated rings. The zero-order valence-electron chi connectivity index (χ0n) is 11.7. The summed E-state index contributed by atoms with van der Waals surface area (Å²) >= 11 is 0. The van der Waals surface area contributed by atoms with Gasteiger partial charge in [0, 0.05) is 30.7 Å². The molecule has 1 heterocycles. The highest BCUT2D eigenvalue weighted by atomic mass is 19.1. The van der Waals surface area contributed by atoms with Crippen LogP contribution in [0, 0.1) is 12.7 Å². The summed E-state index contributed by atoms with van der Waals surface area (Å²) in [6, 6.07) is 5.73. The van der Waals surface area contributed by atoms with Crippen molar-refractivity contribution in [1.29, 1.82) is 0 Å². The van der Waals surface area contributed by atoms with Crippen LogP contribution in [0.1, 0.15) is 17.1 Å². The maximum Gasteiger partial charge on any atom is 0.254 e. The van der Waals surface area contributed by atoms with Gasteiger partial charge in [0.05, 0.1) is 6.61 Å². The number of nitrogens with zero attached hydrogens (tertiary/aromatic N) is 1. The van der Waals surface area contributed by atoms with Crippen molar-refractivity contribution >= 4 is 0 Å². The van der Waals surface area contributed by atoms with Crippen LogP contribution in [0.4, 0.5) is 4.39 Å². The number of H-pyrrole nitrogens is 1. The lowest BCUT2D eigenvalue weighted by Crippen LogP contribution is -2.21. The van der Waals surface area contributed by atoms with Crippen LogP contribution in [0.25, 0.3) is 0 Å². The summed E-state index contributed by atoms with van der Waals surface area (Å²) < 4.78 is 18.2. The molecule has 2 aromatic rings. The van der Waals surface area contributed by atoms with Crippen molar-refractivity contribution in [2.24, 2.45) is 0 Å². The number of ether oxygens (including phenoxy) is 1. The zero-order valence-corrected chi connectivity index (χ0v) is 11.7. The summed E-state index contributed by atoms with van der Waals surface area (Å²) in [7, 11) is 0. The number of hydrogen-bond acceptors (Lipinski definition) is 4. The Bertz CT molecular complexity index is 653. The molecule has 0 atom stereocenters. The largest absolute Gasteiger partial charge is 0.493 e. The van der Waals surface area contributed by atoms with Gasteiger partial charge in [-0.15, -0.1) is 0 Å². The highest BCUT2D eigenvalue weighted by molar-refractivity contribution is 5.22. The van der Waals surface area contributed by atoms with E-state index in [-0.39, 0.29) is 18.0 Å². The number of halogens is 1. The molecule has 21 heavy (non-hydrogen) atoms. The number of aromatic nitrogens is 2. The number of aliphatic hydroxyl groups excluding tert-OH is 1. The predicted octanol–water partition coefficient (Wildman–Crippen LogP) is 1.37. The minimum atomic E-state index is -0.316. The Labute approximate surface area is 121 Å². The van der Waals surface area contributed by atoms with Gasteiger partial charge in [0.25, 0.3) is 5.56 Å². The van der Waals surface area contributed by atoms with Gasteiger partial charge in [-0.1, -0.05) is 0 Å². The van der Waals surface area contributed by atoms with E-state index in [0.29, 0.717) is 42.3 Å². The average molecular weight is 292 g/mol. The first-order chi connectivity index (χ1) is 10.1. The van der Waals surface area contributed by atoms with Crippen molar-refractivity contribution in [2.45, 2.75) is 19.8 Å². The van der Waals surface area contributed by atoms with Gasteiger partial charge in [0.1, 0.15) is 17.4 Å². The quantitative estimate of drug-likeness (QED) is 0.843. The van der Waals surface area contributed by atoms with Gasteiger partial charge < -0.3 is 14.8 Å². The molecule has 0 saturated heterocycles. The monoisotopic (exact) mass is 292 g/mol. The minimum Gasteiger partial charge on any atom is -0.493 e. The molecular weight excluding hydrogens is 275 g/mol. The third kappa shape index (κ3) is 4.13. The Balaban J connectivity index is 1.97. The SMILES string of the molecule is Cc1nc(CCOc2ccc(F)cc2)[nH]c(=O)c1CCO. The Morgan fingerprint density at radius 3 is 2.62 bits per heavy atom. The first-order valence-electron chi connectivity index (χ1n) is 6.68. The van der Waals surface area contributed by atoms with Gasteiger partial charge in [0.15, 0.2) is 0 Å². The standard InChI is InChI=1S/C15H17FN2O3/c1-10-13(6-8-19)15(20)18-14(17-10)7-9-21-12-4-2-11(16)3-5-12/h2-5,19H,6-9H2,1H3,(H,17,18,20). The highest BCUT2D eigenvalue weighted by Gasteiger charge is 2.07. The molecule has 0 bridgehead atoms. The van der Waals surface area contributed by atoms with Crippen LogP contribution in [-0.2, 0) is 12.8 Å². The Morgan fingerprint density at radius 2 is 2.00 bits per heavy atom. The molecule has 2 N–H and O–H groups in total. The molecule has 6 heteroatoms. The second-order valence-corrected chi connectivity index (χ2v) is 4.60. The molecule has 0 unspecified atom stereocenters. The van der Waals surface area contributed by atoms with E-state index in [1.807, 2.05) is 0 Å². The van der Waals surface area contributed by atoms with E-state index < -0.39 is 0 Å². The summed E-state index contributed by atoms with van der Waals surface area (Å²) in [4.78, 5) is 18.8. The Hall–Kier alpha value is -2.21. The van der Waals surface area contributed by atoms with Crippen LogP contribution in [0.2, 0.25) is 0 Å². The maximum atomic E-state index is 12.7. The van der Waals surface area contributed by atoms with Crippen LogP contribution in [-0.4, -0.2) is 28.3 Å². The molecule has 0 aliphatic rings. The van der Waals surface area contributed by atoms with E-state index in [2.05, 4.69) is 9.97 Å². The predicted molar refractivity (Wildman–Crippen MR) is 76.0 cm³/mol. The minimum absolute atomic E-state index is 0.0847. The molecule has 5 nitrogen and oxygen atoms in total. The molecule has 112 valence electrons. The number of aryl methyl sites for hydroxylation is 1. The molecule has 2 rings (SSSR count). The number of aliphatic hydroxyl groups is 1. The highest BCUT2D eigenvalue weighted by Crippen LogP contribution is 2.11. The van der Waals surface area contributed by atoms with Crippen LogP contribution < -0.4 is 10.3 Å². The van der Waals surface area contributed by atoms with Crippen LogP contribution >= 0.6 is 0 Å². The third-order valence-corrected chi connectivity index (χ3v) is 3.05. The second kappa shape index (κ2) is 6.99. The van der Waals surface area contributed by atoms with Crippen molar-refractivity contribution in [1.82, 2.24) is 9.97 Å². The number of aromatic amines is 1. The molecule has 0 aliphatic heterocycles.